The largest absolute Gasteiger partial charge is 0.479 e. The van der Waals surface area contributed by atoms with Gasteiger partial charge in [-0.3, -0.25) is 4.79 Å². The van der Waals surface area contributed by atoms with Crippen LogP contribution in [-0.2, 0) is 20.7 Å². The number of carbonyl (C=O) groups excluding carboxylic acids is 1. The average Bonchev–Trinajstić information content (AvgIpc) is 3.11. The molecule has 2 saturated heterocycles. The van der Waals surface area contributed by atoms with Crippen LogP contribution in [0.2, 0.25) is 0 Å². The molecule has 2 aliphatic rings. The molecule has 5 heteroatoms. The third kappa shape index (κ3) is 4.15. The van der Waals surface area contributed by atoms with Gasteiger partial charge in [-0.2, -0.15) is 0 Å². The zero-order valence-electron chi connectivity index (χ0n) is 13.9. The van der Waals surface area contributed by atoms with Gasteiger partial charge >= 0.3 is 5.97 Å². The maximum atomic E-state index is 12.5. The van der Waals surface area contributed by atoms with Gasteiger partial charge in [0.2, 0.25) is 0 Å². The number of carboxylic acids is 1. The Morgan fingerprint density at radius 3 is 2.33 bits per heavy atom. The molecule has 0 spiro atoms. The molecular weight excluding hydrogens is 306 g/mol. The normalized spacial score (nSPS) is 24.9. The van der Waals surface area contributed by atoms with Gasteiger partial charge in [0.05, 0.1) is 0 Å². The second-order valence-electron chi connectivity index (χ2n) is 6.82. The summed E-state index contributed by atoms with van der Waals surface area (Å²) in [6.45, 7) is 1.52. The summed E-state index contributed by atoms with van der Waals surface area (Å²) in [6.07, 6.45) is 3.86. The van der Waals surface area contributed by atoms with Gasteiger partial charge in [-0.15, -0.1) is 0 Å². The van der Waals surface area contributed by atoms with Crippen LogP contribution in [0.1, 0.15) is 37.7 Å². The minimum absolute atomic E-state index is 0.0275. The zero-order chi connectivity index (χ0) is 16.9. The summed E-state index contributed by atoms with van der Waals surface area (Å²) in [6, 6.07) is 10.5. The Kier molecular flexibility index (Phi) is 5.51. The van der Waals surface area contributed by atoms with E-state index >= 15 is 0 Å². The molecule has 130 valence electrons. The number of aliphatic carboxylic acids is 1. The molecule has 0 bridgehead atoms. The fraction of sp³-hybridized carbons (Fsp3) is 0.579. The summed E-state index contributed by atoms with van der Waals surface area (Å²) in [5, 5.41) is 8.96. The molecule has 5 nitrogen and oxygen atoms in total. The molecular formula is C19H25NO4. The topological polar surface area (TPSA) is 66.8 Å². The van der Waals surface area contributed by atoms with Gasteiger partial charge in [-0.05, 0) is 50.0 Å². The molecule has 2 aliphatic heterocycles. The Morgan fingerprint density at radius 1 is 1.04 bits per heavy atom. The standard InChI is InChI=1S/C19H25NO4/c21-18(16-8-9-17(24-16)19(22)23)20-12-10-15(11-13-20)7-6-14-4-2-1-3-5-14/h1-5,15-17H,6-13H2,(H,22,23)/t16-,17+/m0/s1. The third-order valence-electron chi connectivity index (χ3n) is 5.18. The lowest BCUT2D eigenvalue weighted by Crippen LogP contribution is -2.44. The SMILES string of the molecule is O=C(O)[C@H]1CC[C@@H](C(=O)N2CCC(CCc3ccccc3)CC2)O1. The van der Waals surface area contributed by atoms with Gasteiger partial charge in [0, 0.05) is 13.1 Å². The van der Waals surface area contributed by atoms with Crippen LogP contribution in [0.3, 0.4) is 0 Å². The van der Waals surface area contributed by atoms with Crippen molar-refractivity contribution in [2.24, 2.45) is 5.92 Å². The number of benzene rings is 1. The molecule has 2 atom stereocenters. The molecule has 3 rings (SSSR count). The predicted octanol–water partition coefficient (Wildman–Crippen LogP) is 2.49. The molecule has 0 saturated carbocycles. The molecule has 1 amide bonds. The van der Waals surface area contributed by atoms with Gasteiger partial charge in [-0.1, -0.05) is 30.3 Å². The summed E-state index contributed by atoms with van der Waals surface area (Å²) in [5.74, 6) is -0.337. The average molecular weight is 331 g/mol. The van der Waals surface area contributed by atoms with Crippen LogP contribution in [0, 0.1) is 5.92 Å². The van der Waals surface area contributed by atoms with Crippen LogP contribution in [-0.4, -0.2) is 47.2 Å². The third-order valence-corrected chi connectivity index (χ3v) is 5.18. The Bertz CT molecular complexity index is 566. The number of hydrogen-bond acceptors (Lipinski definition) is 3. The lowest BCUT2D eigenvalue weighted by molar-refractivity contribution is -0.155. The first-order chi connectivity index (χ1) is 11.6. The molecule has 24 heavy (non-hydrogen) atoms. The summed E-state index contributed by atoms with van der Waals surface area (Å²) in [5.41, 5.74) is 1.37. The van der Waals surface area contributed by atoms with Crippen molar-refractivity contribution in [3.8, 4) is 0 Å². The highest BCUT2D eigenvalue weighted by Crippen LogP contribution is 2.26. The number of ether oxygens (including phenoxy) is 1. The highest BCUT2D eigenvalue weighted by molar-refractivity contribution is 5.82. The van der Waals surface area contributed by atoms with Crippen LogP contribution < -0.4 is 0 Å². The maximum absolute atomic E-state index is 12.5. The van der Waals surface area contributed by atoms with Gasteiger partial charge in [0.25, 0.3) is 5.91 Å². The molecule has 2 heterocycles. The van der Waals surface area contributed by atoms with Crippen LogP contribution in [0.5, 0.6) is 0 Å². The summed E-state index contributed by atoms with van der Waals surface area (Å²) in [7, 11) is 0. The van der Waals surface area contributed by atoms with Crippen molar-refractivity contribution >= 4 is 11.9 Å². The number of rotatable bonds is 5. The van der Waals surface area contributed by atoms with Gasteiger partial charge in [0.1, 0.15) is 6.10 Å². The number of carbonyl (C=O) groups is 2. The van der Waals surface area contributed by atoms with Crippen molar-refractivity contribution in [2.45, 2.75) is 50.7 Å². The molecule has 0 radical (unpaired) electrons. The molecule has 2 fully saturated rings. The molecule has 0 aliphatic carbocycles. The number of aryl methyl sites for hydroxylation is 1. The van der Waals surface area contributed by atoms with E-state index in [9.17, 15) is 9.59 Å². The van der Waals surface area contributed by atoms with E-state index in [2.05, 4.69) is 24.3 Å². The quantitative estimate of drug-likeness (QED) is 0.900. The highest BCUT2D eigenvalue weighted by atomic mass is 16.5. The lowest BCUT2D eigenvalue weighted by Gasteiger charge is -2.33. The van der Waals surface area contributed by atoms with Crippen LogP contribution in [0.4, 0.5) is 0 Å². The Labute approximate surface area is 142 Å². The number of amides is 1. The van der Waals surface area contributed by atoms with E-state index in [1.165, 1.54) is 5.56 Å². The molecule has 1 N–H and O–H groups in total. The Morgan fingerprint density at radius 2 is 1.71 bits per heavy atom. The molecule has 1 aromatic rings. The van der Waals surface area contributed by atoms with E-state index in [0.717, 1.165) is 38.8 Å². The summed E-state index contributed by atoms with van der Waals surface area (Å²) >= 11 is 0. The van der Waals surface area contributed by atoms with Gasteiger partial charge in [-0.25, -0.2) is 4.79 Å². The summed E-state index contributed by atoms with van der Waals surface area (Å²) in [4.78, 5) is 25.2. The van der Waals surface area contributed by atoms with Crippen LogP contribution in [0.25, 0.3) is 0 Å². The first-order valence-electron chi connectivity index (χ1n) is 8.84. The van der Waals surface area contributed by atoms with E-state index in [0.29, 0.717) is 18.8 Å². The second-order valence-corrected chi connectivity index (χ2v) is 6.82. The lowest BCUT2D eigenvalue weighted by atomic mass is 9.90. The Hall–Kier alpha value is -1.88. The van der Waals surface area contributed by atoms with Gasteiger partial charge in [0.15, 0.2) is 6.10 Å². The first-order valence-corrected chi connectivity index (χ1v) is 8.84. The smallest absolute Gasteiger partial charge is 0.332 e. The molecule has 0 aromatic heterocycles. The Balaban J connectivity index is 1.42. The minimum atomic E-state index is -0.968. The molecule has 1 aromatic carbocycles. The minimum Gasteiger partial charge on any atom is -0.479 e. The van der Waals surface area contributed by atoms with E-state index in [-0.39, 0.29) is 5.91 Å². The van der Waals surface area contributed by atoms with Crippen molar-refractivity contribution in [3.63, 3.8) is 0 Å². The maximum Gasteiger partial charge on any atom is 0.332 e. The van der Waals surface area contributed by atoms with Crippen LogP contribution in [0.15, 0.2) is 30.3 Å². The zero-order valence-corrected chi connectivity index (χ0v) is 13.9. The highest BCUT2D eigenvalue weighted by Gasteiger charge is 2.37. The van der Waals surface area contributed by atoms with E-state index < -0.39 is 18.2 Å². The van der Waals surface area contributed by atoms with Crippen molar-refractivity contribution in [1.29, 1.82) is 0 Å². The van der Waals surface area contributed by atoms with Gasteiger partial charge < -0.3 is 14.7 Å². The van der Waals surface area contributed by atoms with E-state index in [4.69, 9.17) is 9.84 Å². The number of nitrogens with zero attached hydrogens (tertiary/aromatic N) is 1. The van der Waals surface area contributed by atoms with Crippen molar-refractivity contribution in [3.05, 3.63) is 35.9 Å². The number of hydrogen-bond donors (Lipinski definition) is 1. The van der Waals surface area contributed by atoms with Crippen molar-refractivity contribution < 1.29 is 19.4 Å². The summed E-state index contributed by atoms with van der Waals surface area (Å²) < 4.78 is 5.38. The van der Waals surface area contributed by atoms with Crippen LogP contribution >= 0.6 is 0 Å². The number of likely N-dealkylation sites (tertiary alicyclic amines) is 1. The second kappa shape index (κ2) is 7.79. The number of piperidine rings is 1. The fourth-order valence-electron chi connectivity index (χ4n) is 3.66. The predicted molar refractivity (Wildman–Crippen MR) is 89.6 cm³/mol. The first kappa shape index (κ1) is 17.0. The number of carboxylic acid groups (broad SMARTS) is 1. The fourth-order valence-corrected chi connectivity index (χ4v) is 3.66. The van der Waals surface area contributed by atoms with Crippen molar-refractivity contribution in [1.82, 2.24) is 4.90 Å². The monoisotopic (exact) mass is 331 g/mol. The molecule has 0 unspecified atom stereocenters. The van der Waals surface area contributed by atoms with E-state index in [1.54, 1.807) is 0 Å². The van der Waals surface area contributed by atoms with Crippen molar-refractivity contribution in [2.75, 3.05) is 13.1 Å². The van der Waals surface area contributed by atoms with E-state index in [1.807, 2.05) is 11.0 Å².